The minimum atomic E-state index is -0.837. The average Bonchev–Trinajstić information content (AvgIpc) is 2.67. The van der Waals surface area contributed by atoms with E-state index in [0.29, 0.717) is 28.1 Å². The maximum Gasteiger partial charge on any atom is 0.279 e. The molecule has 9 heteroatoms. The quantitative estimate of drug-likeness (QED) is 0.452. The molecule has 1 unspecified atom stereocenters. The molecular formula is C19H25Cl2N3O3S. The SMILES string of the molecule is CC(Oc1ccc(Cl)cc1Cl)C(=O)NNC(=S)NC(=O)CCC1CCCCC1. The largest absolute Gasteiger partial charge is 0.479 e. The number of thiocarbonyl (C=S) groups is 1. The smallest absolute Gasteiger partial charge is 0.279 e. The molecule has 2 amide bonds. The molecule has 3 N–H and O–H groups in total. The summed E-state index contributed by atoms with van der Waals surface area (Å²) in [4.78, 5) is 24.1. The average molecular weight is 446 g/mol. The van der Waals surface area contributed by atoms with Crippen molar-refractivity contribution in [2.24, 2.45) is 5.92 Å². The van der Waals surface area contributed by atoms with Gasteiger partial charge in [0.2, 0.25) is 5.91 Å². The topological polar surface area (TPSA) is 79.5 Å². The molecule has 1 aromatic rings. The standard InChI is InChI=1S/C19H25Cl2N3O3S/c1-12(27-16-9-8-14(20)11-15(16)21)18(26)23-24-19(28)22-17(25)10-7-13-5-3-2-4-6-13/h8-9,11-13H,2-7,10H2,1H3,(H,23,26)(H2,22,24,25,28). The number of carbonyl (C=O) groups is 2. The Bertz CT molecular complexity index is 712. The number of halogens is 2. The molecule has 28 heavy (non-hydrogen) atoms. The summed E-state index contributed by atoms with van der Waals surface area (Å²) in [6.45, 7) is 1.56. The molecule has 154 valence electrons. The van der Waals surface area contributed by atoms with Crippen molar-refractivity contribution in [1.82, 2.24) is 16.2 Å². The van der Waals surface area contributed by atoms with Gasteiger partial charge >= 0.3 is 0 Å². The zero-order valence-electron chi connectivity index (χ0n) is 15.7. The lowest BCUT2D eigenvalue weighted by Crippen LogP contribution is -2.51. The Labute approximate surface area is 180 Å². The highest BCUT2D eigenvalue weighted by Crippen LogP contribution is 2.28. The van der Waals surface area contributed by atoms with Crippen LogP contribution in [0.15, 0.2) is 18.2 Å². The van der Waals surface area contributed by atoms with E-state index >= 15 is 0 Å². The number of hydrazine groups is 1. The summed E-state index contributed by atoms with van der Waals surface area (Å²) in [7, 11) is 0. The van der Waals surface area contributed by atoms with Gasteiger partial charge in [-0.25, -0.2) is 0 Å². The van der Waals surface area contributed by atoms with Gasteiger partial charge in [0.1, 0.15) is 5.75 Å². The Kier molecular flexibility index (Phi) is 9.28. The van der Waals surface area contributed by atoms with E-state index in [1.54, 1.807) is 19.1 Å². The van der Waals surface area contributed by atoms with Gasteiger partial charge in [-0.1, -0.05) is 55.3 Å². The van der Waals surface area contributed by atoms with Crippen molar-refractivity contribution in [1.29, 1.82) is 0 Å². The van der Waals surface area contributed by atoms with Crippen molar-refractivity contribution >= 4 is 52.3 Å². The normalized spacial score (nSPS) is 15.4. The molecule has 1 saturated carbocycles. The molecule has 6 nitrogen and oxygen atoms in total. The van der Waals surface area contributed by atoms with Crippen molar-refractivity contribution < 1.29 is 14.3 Å². The second-order valence-corrected chi connectivity index (χ2v) is 8.12. The number of carbonyl (C=O) groups excluding carboxylic acids is 2. The predicted molar refractivity (Wildman–Crippen MR) is 114 cm³/mol. The highest BCUT2D eigenvalue weighted by Gasteiger charge is 2.18. The van der Waals surface area contributed by atoms with E-state index in [2.05, 4.69) is 16.2 Å². The number of rotatable bonds is 6. The fourth-order valence-corrected chi connectivity index (χ4v) is 3.68. The third-order valence-electron chi connectivity index (χ3n) is 4.62. The van der Waals surface area contributed by atoms with Crippen molar-refractivity contribution in [3.63, 3.8) is 0 Å². The second-order valence-electron chi connectivity index (χ2n) is 6.87. The van der Waals surface area contributed by atoms with E-state index in [9.17, 15) is 9.59 Å². The summed E-state index contributed by atoms with van der Waals surface area (Å²) in [5.74, 6) is 0.338. The van der Waals surface area contributed by atoms with Gasteiger partial charge in [0.05, 0.1) is 5.02 Å². The van der Waals surface area contributed by atoms with Gasteiger partial charge in [0.25, 0.3) is 5.91 Å². The molecular weight excluding hydrogens is 421 g/mol. The van der Waals surface area contributed by atoms with Crippen molar-refractivity contribution in [2.75, 3.05) is 0 Å². The van der Waals surface area contributed by atoms with Crippen LogP contribution in [0.3, 0.4) is 0 Å². The fraction of sp³-hybridized carbons (Fsp3) is 0.526. The van der Waals surface area contributed by atoms with Crippen LogP contribution in [-0.2, 0) is 9.59 Å². The number of ether oxygens (including phenoxy) is 1. The van der Waals surface area contributed by atoms with Crippen LogP contribution in [0.25, 0.3) is 0 Å². The summed E-state index contributed by atoms with van der Waals surface area (Å²) in [5.41, 5.74) is 4.91. The molecule has 0 heterocycles. The third-order valence-corrected chi connectivity index (χ3v) is 5.36. The van der Waals surface area contributed by atoms with E-state index in [-0.39, 0.29) is 11.0 Å². The fourth-order valence-electron chi connectivity index (χ4n) is 3.07. The van der Waals surface area contributed by atoms with Crippen molar-refractivity contribution in [3.05, 3.63) is 28.2 Å². The number of nitrogens with one attached hydrogen (secondary N) is 3. The van der Waals surface area contributed by atoms with Gasteiger partial charge in [0, 0.05) is 11.4 Å². The summed E-state index contributed by atoms with van der Waals surface area (Å²) in [6, 6.07) is 4.72. The van der Waals surface area contributed by atoms with E-state index < -0.39 is 12.0 Å². The second kappa shape index (κ2) is 11.4. The first-order valence-electron chi connectivity index (χ1n) is 9.36. The van der Waals surface area contributed by atoms with Crippen LogP contribution in [-0.4, -0.2) is 23.0 Å². The lowest BCUT2D eigenvalue weighted by Gasteiger charge is -2.21. The minimum absolute atomic E-state index is 0.0405. The maximum absolute atomic E-state index is 12.1. The highest BCUT2D eigenvalue weighted by molar-refractivity contribution is 7.80. The van der Waals surface area contributed by atoms with Gasteiger partial charge in [-0.05, 0) is 49.7 Å². The number of hydrogen-bond acceptors (Lipinski definition) is 4. The van der Waals surface area contributed by atoms with Crippen LogP contribution in [0, 0.1) is 5.92 Å². The Morgan fingerprint density at radius 1 is 1.21 bits per heavy atom. The van der Waals surface area contributed by atoms with Crippen LogP contribution in [0.2, 0.25) is 10.0 Å². The van der Waals surface area contributed by atoms with Crippen LogP contribution in [0.5, 0.6) is 5.75 Å². The first kappa shape index (κ1) is 22.7. The van der Waals surface area contributed by atoms with Gasteiger partial charge in [-0.2, -0.15) is 0 Å². The molecule has 0 aromatic heterocycles. The molecule has 1 fully saturated rings. The third kappa shape index (κ3) is 7.81. The van der Waals surface area contributed by atoms with Crippen molar-refractivity contribution in [3.8, 4) is 5.75 Å². The van der Waals surface area contributed by atoms with Gasteiger partial charge < -0.3 is 10.1 Å². The molecule has 0 radical (unpaired) electrons. The zero-order valence-corrected chi connectivity index (χ0v) is 18.1. The Morgan fingerprint density at radius 2 is 1.93 bits per heavy atom. The van der Waals surface area contributed by atoms with E-state index in [4.69, 9.17) is 40.2 Å². The summed E-state index contributed by atoms with van der Waals surface area (Å²) in [5, 5.41) is 3.39. The molecule has 1 aliphatic carbocycles. The van der Waals surface area contributed by atoms with E-state index in [0.717, 1.165) is 6.42 Å². The number of hydrogen-bond donors (Lipinski definition) is 3. The molecule has 2 rings (SSSR count). The zero-order chi connectivity index (χ0) is 20.5. The molecule has 0 aliphatic heterocycles. The Balaban J connectivity index is 1.67. The molecule has 0 spiro atoms. The first-order chi connectivity index (χ1) is 13.3. The van der Waals surface area contributed by atoms with Crippen LogP contribution >= 0.6 is 35.4 Å². The van der Waals surface area contributed by atoms with Crippen LogP contribution < -0.4 is 20.9 Å². The summed E-state index contributed by atoms with van der Waals surface area (Å²) < 4.78 is 5.51. The summed E-state index contributed by atoms with van der Waals surface area (Å²) >= 11 is 16.9. The maximum atomic E-state index is 12.1. The van der Waals surface area contributed by atoms with Gasteiger partial charge in [0.15, 0.2) is 11.2 Å². The van der Waals surface area contributed by atoms with Gasteiger partial charge in [-0.3, -0.25) is 20.4 Å². The summed E-state index contributed by atoms with van der Waals surface area (Å²) in [6.07, 6.45) is 6.64. The van der Waals surface area contributed by atoms with E-state index in [1.165, 1.54) is 38.2 Å². The molecule has 1 aliphatic rings. The monoisotopic (exact) mass is 445 g/mol. The minimum Gasteiger partial charge on any atom is -0.479 e. The first-order valence-corrected chi connectivity index (χ1v) is 10.5. The molecule has 1 aromatic carbocycles. The van der Waals surface area contributed by atoms with Crippen LogP contribution in [0.4, 0.5) is 0 Å². The van der Waals surface area contributed by atoms with E-state index in [1.807, 2.05) is 0 Å². The molecule has 1 atom stereocenters. The van der Waals surface area contributed by atoms with Crippen LogP contribution in [0.1, 0.15) is 51.9 Å². The number of amides is 2. The molecule has 0 bridgehead atoms. The molecule has 0 saturated heterocycles. The number of benzene rings is 1. The lowest BCUT2D eigenvalue weighted by molar-refractivity contribution is -0.128. The van der Waals surface area contributed by atoms with Crippen molar-refractivity contribution in [2.45, 2.75) is 58.0 Å². The lowest BCUT2D eigenvalue weighted by atomic mass is 9.86. The Hall–Kier alpha value is -1.57. The predicted octanol–water partition coefficient (Wildman–Crippen LogP) is 4.14. The highest BCUT2D eigenvalue weighted by atomic mass is 35.5. The van der Waals surface area contributed by atoms with Gasteiger partial charge in [-0.15, -0.1) is 0 Å². The Morgan fingerprint density at radius 3 is 2.61 bits per heavy atom.